The van der Waals surface area contributed by atoms with Gasteiger partial charge in [-0.2, -0.15) is 0 Å². The molecule has 1 aliphatic carbocycles. The van der Waals surface area contributed by atoms with Gasteiger partial charge in [0.1, 0.15) is 12.1 Å². The molecule has 5 nitrogen and oxygen atoms in total. The topological polar surface area (TPSA) is 63.6 Å². The number of nitrogens with zero attached hydrogens (tertiary/aromatic N) is 4. The fraction of sp³-hybridized carbons (Fsp3) is 0.0909. The monoisotopic (exact) mass is 351 g/mol. The molecule has 1 aromatic carbocycles. The first-order chi connectivity index (χ1) is 13.4. The van der Waals surface area contributed by atoms with Crippen molar-refractivity contribution in [1.29, 1.82) is 0 Å². The Morgan fingerprint density at radius 2 is 1.93 bits per heavy atom. The smallest absolute Gasteiger partial charge is 0.137 e. The van der Waals surface area contributed by atoms with Crippen LogP contribution in [0.2, 0.25) is 0 Å². The number of aromatic nitrogens is 4. The van der Waals surface area contributed by atoms with Crippen LogP contribution in [0.15, 0.2) is 73.5 Å². The van der Waals surface area contributed by atoms with Gasteiger partial charge < -0.3 is 5.32 Å². The summed E-state index contributed by atoms with van der Waals surface area (Å²) in [5.41, 5.74) is 6.76. The molecule has 4 aromatic rings. The van der Waals surface area contributed by atoms with E-state index in [-0.39, 0.29) is 0 Å². The number of benzene rings is 1. The zero-order chi connectivity index (χ0) is 18.1. The van der Waals surface area contributed by atoms with Gasteiger partial charge in [-0.05, 0) is 41.0 Å². The number of pyridine rings is 2. The Hall–Kier alpha value is -3.60. The molecule has 5 heteroatoms. The lowest BCUT2D eigenvalue weighted by Crippen LogP contribution is -2.03. The molecule has 1 N–H and O–H groups in total. The lowest BCUT2D eigenvalue weighted by Gasteiger charge is -2.11. The molecule has 0 saturated carbocycles. The highest BCUT2D eigenvalue weighted by Gasteiger charge is 2.17. The van der Waals surface area contributed by atoms with Crippen LogP contribution in [0.5, 0.6) is 0 Å². The molecule has 3 heterocycles. The predicted molar refractivity (Wildman–Crippen MR) is 106 cm³/mol. The SMILES string of the molecule is C1=C(c2ccc3ncnc(NCc4cccnc4)c3c2)c2cccnc2C1. The first kappa shape index (κ1) is 15.6. The maximum atomic E-state index is 4.48. The quantitative estimate of drug-likeness (QED) is 0.602. The zero-order valence-electron chi connectivity index (χ0n) is 14.6. The van der Waals surface area contributed by atoms with Gasteiger partial charge >= 0.3 is 0 Å². The number of nitrogens with one attached hydrogen (secondary N) is 1. The number of rotatable bonds is 4. The van der Waals surface area contributed by atoms with Gasteiger partial charge in [-0.3, -0.25) is 9.97 Å². The van der Waals surface area contributed by atoms with Crippen molar-refractivity contribution < 1.29 is 0 Å². The molecule has 0 spiro atoms. The normalized spacial score (nSPS) is 12.7. The molecular formula is C22H17N5. The highest BCUT2D eigenvalue weighted by molar-refractivity contribution is 5.94. The van der Waals surface area contributed by atoms with Crippen LogP contribution in [0, 0.1) is 0 Å². The summed E-state index contributed by atoms with van der Waals surface area (Å²) in [4.78, 5) is 17.5. The highest BCUT2D eigenvalue weighted by Crippen LogP contribution is 2.33. The summed E-state index contributed by atoms with van der Waals surface area (Å²) in [6.07, 6.45) is 10.2. The van der Waals surface area contributed by atoms with Crippen molar-refractivity contribution in [1.82, 2.24) is 19.9 Å². The van der Waals surface area contributed by atoms with Gasteiger partial charge in [0, 0.05) is 42.5 Å². The van der Waals surface area contributed by atoms with Crippen molar-refractivity contribution in [3.63, 3.8) is 0 Å². The van der Waals surface area contributed by atoms with Gasteiger partial charge in [-0.1, -0.05) is 24.3 Å². The van der Waals surface area contributed by atoms with E-state index in [9.17, 15) is 0 Å². The minimum Gasteiger partial charge on any atom is -0.365 e. The molecule has 27 heavy (non-hydrogen) atoms. The van der Waals surface area contributed by atoms with Crippen LogP contribution in [-0.4, -0.2) is 19.9 Å². The standard InChI is InChI=1S/C22H17N5/c1-3-15(12-23-9-1)13-25-22-19-11-16(5-7-21(19)26-14-27-22)17-6-8-20-18(17)4-2-10-24-20/h1-7,9-12,14H,8,13H2,(H,25,26,27). The van der Waals surface area contributed by atoms with Crippen LogP contribution in [0.3, 0.4) is 0 Å². The van der Waals surface area contributed by atoms with E-state index in [4.69, 9.17) is 0 Å². The predicted octanol–water partition coefficient (Wildman–Crippen LogP) is 4.02. The Morgan fingerprint density at radius 1 is 0.963 bits per heavy atom. The average molecular weight is 351 g/mol. The van der Waals surface area contributed by atoms with Gasteiger partial charge in [-0.25, -0.2) is 9.97 Å². The maximum absolute atomic E-state index is 4.48. The molecule has 0 bridgehead atoms. The van der Waals surface area contributed by atoms with E-state index < -0.39 is 0 Å². The molecule has 0 unspecified atom stereocenters. The average Bonchev–Trinajstić information content (AvgIpc) is 3.17. The van der Waals surface area contributed by atoms with Crippen LogP contribution in [0.1, 0.15) is 22.4 Å². The molecule has 3 aromatic heterocycles. The summed E-state index contributed by atoms with van der Waals surface area (Å²) >= 11 is 0. The summed E-state index contributed by atoms with van der Waals surface area (Å²) < 4.78 is 0. The van der Waals surface area contributed by atoms with E-state index >= 15 is 0 Å². The Balaban J connectivity index is 1.52. The number of anilines is 1. The van der Waals surface area contributed by atoms with Gasteiger partial charge in [-0.15, -0.1) is 0 Å². The first-order valence-electron chi connectivity index (χ1n) is 8.91. The fourth-order valence-corrected chi connectivity index (χ4v) is 3.48. The lowest BCUT2D eigenvalue weighted by molar-refractivity contribution is 1.08. The molecule has 0 saturated heterocycles. The minimum absolute atomic E-state index is 0.666. The molecule has 0 atom stereocenters. The fourth-order valence-electron chi connectivity index (χ4n) is 3.48. The second kappa shape index (κ2) is 6.61. The second-order valence-electron chi connectivity index (χ2n) is 6.49. The van der Waals surface area contributed by atoms with E-state index in [1.54, 1.807) is 12.5 Å². The third-order valence-electron chi connectivity index (χ3n) is 4.81. The van der Waals surface area contributed by atoms with Gasteiger partial charge in [0.05, 0.1) is 11.2 Å². The van der Waals surface area contributed by atoms with Crippen molar-refractivity contribution in [2.24, 2.45) is 0 Å². The first-order valence-corrected chi connectivity index (χ1v) is 8.91. The van der Waals surface area contributed by atoms with Crippen LogP contribution < -0.4 is 5.32 Å². The number of hydrogen-bond donors (Lipinski definition) is 1. The van der Waals surface area contributed by atoms with Crippen molar-refractivity contribution in [2.75, 3.05) is 5.32 Å². The summed E-state index contributed by atoms with van der Waals surface area (Å²) in [5, 5.41) is 4.43. The lowest BCUT2D eigenvalue weighted by atomic mass is 9.99. The number of allylic oxidation sites excluding steroid dienone is 1. The molecule has 0 amide bonds. The van der Waals surface area contributed by atoms with Crippen LogP contribution in [-0.2, 0) is 13.0 Å². The van der Waals surface area contributed by atoms with E-state index in [1.807, 2.05) is 30.6 Å². The third kappa shape index (κ3) is 2.93. The highest BCUT2D eigenvalue weighted by atomic mass is 15.0. The second-order valence-corrected chi connectivity index (χ2v) is 6.49. The third-order valence-corrected chi connectivity index (χ3v) is 4.81. The van der Waals surface area contributed by atoms with E-state index in [0.717, 1.165) is 40.0 Å². The van der Waals surface area contributed by atoms with Crippen LogP contribution in [0.25, 0.3) is 16.5 Å². The van der Waals surface area contributed by atoms with Gasteiger partial charge in [0.25, 0.3) is 0 Å². The summed E-state index contributed by atoms with van der Waals surface area (Å²) in [6.45, 7) is 0.666. The molecule has 0 aliphatic heterocycles. The summed E-state index contributed by atoms with van der Waals surface area (Å²) in [6, 6.07) is 14.4. The number of hydrogen-bond acceptors (Lipinski definition) is 5. The van der Waals surface area contributed by atoms with E-state index in [1.165, 1.54) is 11.1 Å². The minimum atomic E-state index is 0.666. The van der Waals surface area contributed by atoms with Crippen LogP contribution >= 0.6 is 0 Å². The maximum Gasteiger partial charge on any atom is 0.137 e. The number of fused-ring (bicyclic) bond motifs is 2. The molecule has 0 fully saturated rings. The van der Waals surface area contributed by atoms with Gasteiger partial charge in [0.15, 0.2) is 0 Å². The largest absolute Gasteiger partial charge is 0.365 e. The Bertz CT molecular complexity index is 1150. The molecule has 130 valence electrons. The van der Waals surface area contributed by atoms with Gasteiger partial charge in [0.2, 0.25) is 0 Å². The Labute approximate surface area is 156 Å². The Kier molecular flexibility index (Phi) is 3.83. The van der Waals surface area contributed by atoms with Crippen LogP contribution in [0.4, 0.5) is 5.82 Å². The molecular weight excluding hydrogens is 334 g/mol. The summed E-state index contributed by atoms with van der Waals surface area (Å²) in [5.74, 6) is 0.829. The van der Waals surface area contributed by atoms with Crippen molar-refractivity contribution >= 4 is 22.3 Å². The Morgan fingerprint density at radius 3 is 2.85 bits per heavy atom. The van der Waals surface area contributed by atoms with Crippen molar-refractivity contribution in [3.8, 4) is 0 Å². The summed E-state index contributed by atoms with van der Waals surface area (Å²) in [7, 11) is 0. The zero-order valence-corrected chi connectivity index (χ0v) is 14.6. The van der Waals surface area contributed by atoms with E-state index in [0.29, 0.717) is 6.54 Å². The van der Waals surface area contributed by atoms with Crippen molar-refractivity contribution in [2.45, 2.75) is 13.0 Å². The molecule has 1 aliphatic rings. The van der Waals surface area contributed by atoms with Crippen molar-refractivity contribution in [3.05, 3.63) is 95.8 Å². The molecule has 5 rings (SSSR count). The van der Waals surface area contributed by atoms with E-state index in [2.05, 4.69) is 55.6 Å². The molecule has 0 radical (unpaired) electrons.